The van der Waals surface area contributed by atoms with Crippen LogP contribution >= 0.6 is 11.3 Å². The van der Waals surface area contributed by atoms with Crippen LogP contribution in [0.25, 0.3) is 0 Å². The monoisotopic (exact) mass is 291 g/mol. The highest BCUT2D eigenvalue weighted by atomic mass is 32.1. The topological polar surface area (TPSA) is 70.8 Å². The molecule has 0 aromatic carbocycles. The first-order valence-electron chi connectivity index (χ1n) is 7.06. The summed E-state index contributed by atoms with van der Waals surface area (Å²) in [6.07, 6.45) is 3.16. The summed E-state index contributed by atoms with van der Waals surface area (Å²) in [6.45, 7) is 4.93. The molecule has 2 aromatic heterocycles. The fraction of sp³-hybridized carbons (Fsp3) is 0.571. The largest absolute Gasteiger partial charge is 0.339 e. The van der Waals surface area contributed by atoms with Crippen molar-refractivity contribution >= 4 is 17.3 Å². The minimum Gasteiger partial charge on any atom is -0.339 e. The third-order valence-electron chi connectivity index (χ3n) is 4.03. The van der Waals surface area contributed by atoms with Gasteiger partial charge in [0.15, 0.2) is 0 Å². The van der Waals surface area contributed by atoms with Gasteiger partial charge in [0.2, 0.25) is 5.95 Å². The first-order valence-corrected chi connectivity index (χ1v) is 8.00. The van der Waals surface area contributed by atoms with Gasteiger partial charge in [0.25, 0.3) is 0 Å². The number of nitrogens with two attached hydrogens (primary N) is 1. The Bertz CT molecular complexity index is 550. The van der Waals surface area contributed by atoms with Gasteiger partial charge >= 0.3 is 0 Å². The van der Waals surface area contributed by atoms with Crippen LogP contribution in [0.5, 0.6) is 0 Å². The maximum atomic E-state index is 5.90. The van der Waals surface area contributed by atoms with E-state index in [4.69, 9.17) is 5.73 Å². The lowest BCUT2D eigenvalue weighted by Gasteiger charge is -2.39. The van der Waals surface area contributed by atoms with Crippen molar-refractivity contribution in [2.75, 3.05) is 24.5 Å². The lowest BCUT2D eigenvalue weighted by Crippen LogP contribution is -2.46. The molecule has 6 heteroatoms. The smallest absolute Gasteiger partial charge is 0.244 e. The highest BCUT2D eigenvalue weighted by Gasteiger charge is 2.31. The number of anilines is 1. The Kier molecular flexibility index (Phi) is 3.76. The fourth-order valence-corrected chi connectivity index (χ4v) is 3.41. The molecule has 108 valence electrons. The summed E-state index contributed by atoms with van der Waals surface area (Å²) in [5.74, 6) is 1.74. The fourth-order valence-electron chi connectivity index (χ4n) is 2.75. The van der Waals surface area contributed by atoms with Gasteiger partial charge < -0.3 is 10.6 Å². The SMILES string of the molecule is CC1(CN)CCCN(c2n[nH]c(Cc3ccsc3)n2)C1. The van der Waals surface area contributed by atoms with E-state index in [9.17, 15) is 0 Å². The van der Waals surface area contributed by atoms with Crippen molar-refractivity contribution in [2.45, 2.75) is 26.2 Å². The van der Waals surface area contributed by atoms with Gasteiger partial charge in [-0.25, -0.2) is 0 Å². The lowest BCUT2D eigenvalue weighted by molar-refractivity contribution is 0.270. The van der Waals surface area contributed by atoms with Crippen molar-refractivity contribution in [1.29, 1.82) is 0 Å². The number of aromatic amines is 1. The number of hydrogen-bond donors (Lipinski definition) is 2. The van der Waals surface area contributed by atoms with E-state index < -0.39 is 0 Å². The summed E-state index contributed by atoms with van der Waals surface area (Å²) in [5.41, 5.74) is 7.37. The molecule has 3 heterocycles. The van der Waals surface area contributed by atoms with E-state index in [2.05, 4.69) is 43.8 Å². The van der Waals surface area contributed by atoms with Gasteiger partial charge in [-0.1, -0.05) is 6.92 Å². The Hall–Kier alpha value is -1.40. The molecule has 1 fully saturated rings. The summed E-state index contributed by atoms with van der Waals surface area (Å²) in [5, 5.41) is 11.7. The van der Waals surface area contributed by atoms with Crippen LogP contribution in [-0.2, 0) is 6.42 Å². The van der Waals surface area contributed by atoms with Gasteiger partial charge in [-0.2, -0.15) is 16.3 Å². The van der Waals surface area contributed by atoms with Crippen LogP contribution in [0, 0.1) is 5.41 Å². The summed E-state index contributed by atoms with van der Waals surface area (Å²) in [6, 6.07) is 2.12. The molecule has 1 unspecified atom stereocenters. The van der Waals surface area contributed by atoms with Gasteiger partial charge in [0.1, 0.15) is 5.82 Å². The first kappa shape index (κ1) is 13.6. The number of nitrogens with one attached hydrogen (secondary N) is 1. The highest BCUT2D eigenvalue weighted by molar-refractivity contribution is 7.07. The molecule has 3 N–H and O–H groups in total. The first-order chi connectivity index (χ1) is 9.68. The minimum absolute atomic E-state index is 0.187. The van der Waals surface area contributed by atoms with Gasteiger partial charge in [-0.05, 0) is 47.2 Å². The number of thiophene rings is 1. The average Bonchev–Trinajstić information content (AvgIpc) is 3.11. The second kappa shape index (κ2) is 5.54. The molecule has 1 aliphatic rings. The predicted octanol–water partition coefficient (Wildman–Crippen LogP) is 2.02. The molecule has 20 heavy (non-hydrogen) atoms. The van der Waals surface area contributed by atoms with E-state index in [0.717, 1.165) is 44.2 Å². The van der Waals surface area contributed by atoms with E-state index in [1.807, 2.05) is 0 Å². The average molecular weight is 291 g/mol. The van der Waals surface area contributed by atoms with Crippen LogP contribution < -0.4 is 10.6 Å². The van der Waals surface area contributed by atoms with Crippen molar-refractivity contribution in [3.63, 3.8) is 0 Å². The van der Waals surface area contributed by atoms with E-state index in [1.165, 1.54) is 12.0 Å². The zero-order chi connectivity index (χ0) is 14.0. The maximum absolute atomic E-state index is 5.90. The quantitative estimate of drug-likeness (QED) is 0.904. The number of piperidine rings is 1. The molecule has 0 bridgehead atoms. The maximum Gasteiger partial charge on any atom is 0.244 e. The zero-order valence-corrected chi connectivity index (χ0v) is 12.6. The van der Waals surface area contributed by atoms with Crippen molar-refractivity contribution in [3.8, 4) is 0 Å². The summed E-state index contributed by atoms with van der Waals surface area (Å²) in [7, 11) is 0. The Morgan fingerprint density at radius 2 is 2.45 bits per heavy atom. The third-order valence-corrected chi connectivity index (χ3v) is 4.76. The Morgan fingerprint density at radius 3 is 3.20 bits per heavy atom. The van der Waals surface area contributed by atoms with Gasteiger partial charge in [-0.15, -0.1) is 5.10 Å². The van der Waals surface area contributed by atoms with E-state index in [-0.39, 0.29) is 5.41 Å². The molecule has 3 rings (SSSR count). The van der Waals surface area contributed by atoms with Crippen LogP contribution in [0.3, 0.4) is 0 Å². The molecule has 0 spiro atoms. The predicted molar refractivity (Wildman–Crippen MR) is 82.1 cm³/mol. The number of rotatable bonds is 4. The molecule has 2 aromatic rings. The molecular weight excluding hydrogens is 270 g/mol. The Morgan fingerprint density at radius 1 is 1.55 bits per heavy atom. The normalized spacial score (nSPS) is 23.2. The number of nitrogens with zero attached hydrogens (tertiary/aromatic N) is 3. The van der Waals surface area contributed by atoms with Crippen LogP contribution in [0.4, 0.5) is 5.95 Å². The molecule has 0 radical (unpaired) electrons. The standard InChI is InChI=1S/C14H21N5S/c1-14(9-15)4-2-5-19(10-14)13-16-12(17-18-13)7-11-3-6-20-8-11/h3,6,8H,2,4-5,7,9-10,15H2,1H3,(H,16,17,18). The molecule has 1 aliphatic heterocycles. The number of H-pyrrole nitrogens is 1. The van der Waals surface area contributed by atoms with Crippen molar-refractivity contribution in [2.24, 2.45) is 11.1 Å². The third kappa shape index (κ3) is 2.86. The second-order valence-electron chi connectivity index (χ2n) is 5.93. The van der Waals surface area contributed by atoms with Crippen molar-refractivity contribution in [1.82, 2.24) is 15.2 Å². The van der Waals surface area contributed by atoms with E-state index in [0.29, 0.717) is 0 Å². The summed E-state index contributed by atoms with van der Waals surface area (Å²) in [4.78, 5) is 6.89. The summed E-state index contributed by atoms with van der Waals surface area (Å²) >= 11 is 1.71. The van der Waals surface area contributed by atoms with Crippen LogP contribution in [-0.4, -0.2) is 34.8 Å². The van der Waals surface area contributed by atoms with Crippen molar-refractivity contribution < 1.29 is 0 Å². The van der Waals surface area contributed by atoms with Crippen LogP contribution in [0.1, 0.15) is 31.2 Å². The Balaban J connectivity index is 1.70. The Labute approximate surface area is 123 Å². The minimum atomic E-state index is 0.187. The van der Waals surface area contributed by atoms with E-state index in [1.54, 1.807) is 11.3 Å². The van der Waals surface area contributed by atoms with E-state index >= 15 is 0 Å². The van der Waals surface area contributed by atoms with Gasteiger partial charge in [-0.3, -0.25) is 5.10 Å². The van der Waals surface area contributed by atoms with Gasteiger partial charge in [0.05, 0.1) is 0 Å². The molecule has 0 aliphatic carbocycles. The van der Waals surface area contributed by atoms with Crippen LogP contribution in [0.15, 0.2) is 16.8 Å². The molecule has 1 atom stereocenters. The van der Waals surface area contributed by atoms with Crippen LogP contribution in [0.2, 0.25) is 0 Å². The highest BCUT2D eigenvalue weighted by Crippen LogP contribution is 2.29. The zero-order valence-electron chi connectivity index (χ0n) is 11.8. The molecule has 1 saturated heterocycles. The lowest BCUT2D eigenvalue weighted by atomic mass is 9.82. The molecule has 5 nitrogen and oxygen atoms in total. The summed E-state index contributed by atoms with van der Waals surface area (Å²) < 4.78 is 0. The number of aromatic nitrogens is 3. The molecule has 0 saturated carbocycles. The van der Waals surface area contributed by atoms with Gasteiger partial charge in [0, 0.05) is 19.5 Å². The number of hydrogen-bond acceptors (Lipinski definition) is 5. The van der Waals surface area contributed by atoms with Crippen molar-refractivity contribution in [3.05, 3.63) is 28.2 Å². The molecule has 0 amide bonds. The second-order valence-corrected chi connectivity index (χ2v) is 6.71. The molecular formula is C14H21N5S.